The van der Waals surface area contributed by atoms with Gasteiger partial charge in [-0.15, -0.1) is 0 Å². The van der Waals surface area contributed by atoms with Gasteiger partial charge in [-0.1, -0.05) is 15.9 Å². The minimum Gasteiger partial charge on any atom is -0.508 e. The first kappa shape index (κ1) is 12.9. The van der Waals surface area contributed by atoms with Crippen LogP contribution in [0.4, 0.5) is 0 Å². The Morgan fingerprint density at radius 1 is 1.47 bits per heavy atom. The van der Waals surface area contributed by atoms with Gasteiger partial charge in [0.05, 0.1) is 0 Å². The molecule has 0 amide bonds. The van der Waals surface area contributed by atoms with Crippen molar-refractivity contribution in [1.29, 1.82) is 0 Å². The van der Waals surface area contributed by atoms with Crippen LogP contribution in [0, 0.1) is 5.92 Å². The zero-order chi connectivity index (χ0) is 12.3. The summed E-state index contributed by atoms with van der Waals surface area (Å²) in [6.45, 7) is 3.72. The molecule has 3 nitrogen and oxygen atoms in total. The maximum Gasteiger partial charge on any atom is 0.120 e. The van der Waals surface area contributed by atoms with Crippen LogP contribution in [0.2, 0.25) is 0 Å². The Hall–Kier alpha value is -0.580. The van der Waals surface area contributed by atoms with Crippen LogP contribution in [-0.2, 0) is 6.54 Å². The standard InChI is InChI=1S/C13H19BrN2O/c14-12-3-4-13(17)11(6-12)9-16-5-1-2-10(7-15)8-16/h3-4,6,10,17H,1-2,5,7-9,15H2/t10-/m0/s1. The van der Waals surface area contributed by atoms with E-state index in [0.717, 1.165) is 36.2 Å². The van der Waals surface area contributed by atoms with Crippen molar-refractivity contribution in [1.82, 2.24) is 4.90 Å². The monoisotopic (exact) mass is 298 g/mol. The highest BCUT2D eigenvalue weighted by Crippen LogP contribution is 2.25. The molecule has 2 rings (SSSR count). The molecule has 4 heteroatoms. The minimum atomic E-state index is 0.378. The molecule has 0 bridgehead atoms. The van der Waals surface area contributed by atoms with Crippen molar-refractivity contribution >= 4 is 15.9 Å². The number of halogens is 1. The van der Waals surface area contributed by atoms with Gasteiger partial charge in [0.2, 0.25) is 0 Å². The number of nitrogens with zero attached hydrogens (tertiary/aromatic N) is 1. The molecular formula is C13H19BrN2O. The first-order chi connectivity index (χ1) is 8.19. The molecule has 1 heterocycles. The van der Waals surface area contributed by atoms with Crippen molar-refractivity contribution in [3.05, 3.63) is 28.2 Å². The van der Waals surface area contributed by atoms with E-state index >= 15 is 0 Å². The maximum atomic E-state index is 9.82. The summed E-state index contributed by atoms with van der Waals surface area (Å²) in [7, 11) is 0. The van der Waals surface area contributed by atoms with Crippen molar-refractivity contribution in [2.24, 2.45) is 11.7 Å². The Bertz CT molecular complexity index is 384. The minimum absolute atomic E-state index is 0.378. The molecule has 0 unspecified atom stereocenters. The molecule has 94 valence electrons. The average molecular weight is 299 g/mol. The number of phenolic OH excluding ortho intramolecular Hbond substituents is 1. The fourth-order valence-electron chi connectivity index (χ4n) is 2.41. The van der Waals surface area contributed by atoms with E-state index in [4.69, 9.17) is 5.73 Å². The summed E-state index contributed by atoms with van der Waals surface area (Å²) >= 11 is 3.44. The third kappa shape index (κ3) is 3.44. The molecule has 17 heavy (non-hydrogen) atoms. The highest BCUT2D eigenvalue weighted by molar-refractivity contribution is 9.10. The summed E-state index contributed by atoms with van der Waals surface area (Å²) in [6.07, 6.45) is 2.44. The Morgan fingerprint density at radius 3 is 3.06 bits per heavy atom. The molecule has 1 aromatic rings. The van der Waals surface area contributed by atoms with Gasteiger partial charge in [-0.25, -0.2) is 0 Å². The third-order valence-electron chi connectivity index (χ3n) is 3.37. The summed E-state index contributed by atoms with van der Waals surface area (Å²) in [4.78, 5) is 2.38. The van der Waals surface area contributed by atoms with Crippen LogP contribution in [0.3, 0.4) is 0 Å². The lowest BCUT2D eigenvalue weighted by Gasteiger charge is -2.32. The molecule has 1 aliphatic rings. The van der Waals surface area contributed by atoms with Crippen LogP contribution < -0.4 is 5.73 Å². The number of phenols is 1. The number of hydrogen-bond donors (Lipinski definition) is 2. The smallest absolute Gasteiger partial charge is 0.120 e. The molecule has 1 aromatic carbocycles. The second-order valence-electron chi connectivity index (χ2n) is 4.75. The van der Waals surface area contributed by atoms with Gasteiger partial charge in [0.25, 0.3) is 0 Å². The lowest BCUT2D eigenvalue weighted by Crippen LogP contribution is -2.37. The van der Waals surface area contributed by atoms with Crippen molar-refractivity contribution in [2.45, 2.75) is 19.4 Å². The maximum absolute atomic E-state index is 9.82. The van der Waals surface area contributed by atoms with Crippen LogP contribution in [-0.4, -0.2) is 29.6 Å². The molecule has 1 aliphatic heterocycles. The van der Waals surface area contributed by atoms with Crippen LogP contribution in [0.15, 0.2) is 22.7 Å². The van der Waals surface area contributed by atoms with Gasteiger partial charge in [0.15, 0.2) is 0 Å². The number of rotatable bonds is 3. The van der Waals surface area contributed by atoms with Gasteiger partial charge in [0.1, 0.15) is 5.75 Å². The fraction of sp³-hybridized carbons (Fsp3) is 0.538. The largest absolute Gasteiger partial charge is 0.508 e. The van der Waals surface area contributed by atoms with E-state index in [0.29, 0.717) is 11.7 Å². The zero-order valence-electron chi connectivity index (χ0n) is 9.90. The van der Waals surface area contributed by atoms with Gasteiger partial charge in [-0.3, -0.25) is 4.90 Å². The number of piperidine rings is 1. The summed E-state index contributed by atoms with van der Waals surface area (Å²) in [6, 6.07) is 5.59. The van der Waals surface area contributed by atoms with Crippen molar-refractivity contribution in [2.75, 3.05) is 19.6 Å². The van der Waals surface area contributed by atoms with Gasteiger partial charge in [-0.05, 0) is 50.0 Å². The molecule has 3 N–H and O–H groups in total. The van der Waals surface area contributed by atoms with Crippen LogP contribution >= 0.6 is 15.9 Å². The average Bonchev–Trinajstić information content (AvgIpc) is 2.34. The highest BCUT2D eigenvalue weighted by atomic mass is 79.9. The van der Waals surface area contributed by atoms with Crippen molar-refractivity contribution in [3.8, 4) is 5.75 Å². The second-order valence-corrected chi connectivity index (χ2v) is 5.67. The van der Waals surface area contributed by atoms with Gasteiger partial charge in [-0.2, -0.15) is 0 Å². The molecule has 1 saturated heterocycles. The summed E-state index contributed by atoms with van der Waals surface area (Å²) in [5, 5.41) is 9.82. The second kappa shape index (κ2) is 5.85. The summed E-state index contributed by atoms with van der Waals surface area (Å²) in [5.41, 5.74) is 6.71. The van der Waals surface area contributed by atoms with E-state index in [1.54, 1.807) is 6.07 Å². The van der Waals surface area contributed by atoms with E-state index in [1.165, 1.54) is 12.8 Å². The van der Waals surface area contributed by atoms with E-state index in [1.807, 2.05) is 12.1 Å². The molecular weight excluding hydrogens is 280 g/mol. The van der Waals surface area contributed by atoms with Crippen molar-refractivity contribution in [3.63, 3.8) is 0 Å². The Labute approximate surface area is 111 Å². The molecule has 1 atom stereocenters. The lowest BCUT2D eigenvalue weighted by atomic mass is 9.98. The third-order valence-corrected chi connectivity index (χ3v) is 3.87. The van der Waals surface area contributed by atoms with Crippen LogP contribution in [0.1, 0.15) is 18.4 Å². The van der Waals surface area contributed by atoms with E-state index in [2.05, 4.69) is 20.8 Å². The van der Waals surface area contributed by atoms with E-state index in [9.17, 15) is 5.11 Å². The zero-order valence-corrected chi connectivity index (χ0v) is 11.5. The number of nitrogens with two attached hydrogens (primary N) is 1. The molecule has 1 fully saturated rings. The van der Waals surface area contributed by atoms with Gasteiger partial charge < -0.3 is 10.8 Å². The topological polar surface area (TPSA) is 49.5 Å². The highest BCUT2D eigenvalue weighted by Gasteiger charge is 2.19. The summed E-state index contributed by atoms with van der Waals surface area (Å²) < 4.78 is 1.01. The number of hydrogen-bond acceptors (Lipinski definition) is 3. The van der Waals surface area contributed by atoms with Gasteiger partial charge in [0, 0.05) is 23.1 Å². The van der Waals surface area contributed by atoms with E-state index in [-0.39, 0.29) is 0 Å². The van der Waals surface area contributed by atoms with Crippen molar-refractivity contribution < 1.29 is 5.11 Å². The SMILES string of the molecule is NC[C@@H]1CCCN(Cc2cc(Br)ccc2O)C1. The quantitative estimate of drug-likeness (QED) is 0.900. The molecule has 0 aromatic heterocycles. The molecule has 0 radical (unpaired) electrons. The van der Waals surface area contributed by atoms with Crippen LogP contribution in [0.25, 0.3) is 0 Å². The summed E-state index contributed by atoms with van der Waals surface area (Å²) in [5.74, 6) is 0.987. The predicted molar refractivity (Wildman–Crippen MR) is 72.9 cm³/mol. The predicted octanol–water partition coefficient (Wildman–Crippen LogP) is 2.33. The Morgan fingerprint density at radius 2 is 2.29 bits per heavy atom. The first-order valence-electron chi connectivity index (χ1n) is 6.09. The normalized spacial score (nSPS) is 21.6. The number of likely N-dealkylation sites (tertiary alicyclic amines) is 1. The van der Waals surface area contributed by atoms with Crippen LogP contribution in [0.5, 0.6) is 5.75 Å². The Balaban J connectivity index is 2.02. The first-order valence-corrected chi connectivity index (χ1v) is 6.88. The number of benzene rings is 1. The van der Waals surface area contributed by atoms with E-state index < -0.39 is 0 Å². The number of aromatic hydroxyl groups is 1. The molecule has 0 aliphatic carbocycles. The fourth-order valence-corrected chi connectivity index (χ4v) is 2.82. The molecule has 0 spiro atoms. The molecule has 0 saturated carbocycles. The van der Waals surface area contributed by atoms with Gasteiger partial charge >= 0.3 is 0 Å². The Kier molecular flexibility index (Phi) is 4.42. The lowest BCUT2D eigenvalue weighted by molar-refractivity contribution is 0.169.